The Bertz CT molecular complexity index is 2740. The standard InChI is InChI=1S/C44H49F3N10O7S/c1-23(2)56-24(3)49-39-32(46)18-26(19-36(39)56)38-33(47)22-48-44(52-38)50-27-8-16-55(17-9-27)65(63,64)28-10-14-54(15-11-28)41(60)25-6-12-53(13-7-25)35-21-30-29(20-31(35)45)42(61)57(43(30)62)34-4-5-37(58)51-40(34)59/h18-23,25,27-28,34H,4-17H2,1-3H3,(H,48,50,52)(H,51,58,59). The van der Waals surface area contributed by atoms with E-state index < -0.39 is 62.4 Å². The summed E-state index contributed by atoms with van der Waals surface area (Å²) in [4.78, 5) is 81.3. The molecule has 5 amide bonds. The minimum absolute atomic E-state index is 0.00690. The molecule has 2 aromatic carbocycles. The second-order valence-corrected chi connectivity index (χ2v) is 20.0. The molecule has 0 spiro atoms. The van der Waals surface area contributed by atoms with Crippen LogP contribution in [0.4, 0.5) is 24.8 Å². The Hall–Kier alpha value is -5.96. The first-order chi connectivity index (χ1) is 31.0. The van der Waals surface area contributed by atoms with E-state index in [2.05, 4.69) is 25.6 Å². The molecule has 5 aliphatic heterocycles. The summed E-state index contributed by atoms with van der Waals surface area (Å²) in [5, 5.41) is 4.70. The van der Waals surface area contributed by atoms with Crippen LogP contribution in [0.3, 0.4) is 0 Å². The van der Waals surface area contributed by atoms with E-state index in [9.17, 15) is 32.4 Å². The average Bonchev–Trinajstić information content (AvgIpc) is 3.75. The van der Waals surface area contributed by atoms with Crippen molar-refractivity contribution in [1.29, 1.82) is 0 Å². The Morgan fingerprint density at radius 1 is 0.815 bits per heavy atom. The number of hydrogen-bond acceptors (Lipinski definition) is 12. The molecule has 4 aromatic rings. The summed E-state index contributed by atoms with van der Waals surface area (Å²) in [5.74, 6) is -4.47. The van der Waals surface area contributed by atoms with Crippen LogP contribution in [-0.4, -0.2) is 128 Å². The van der Waals surface area contributed by atoms with Crippen molar-refractivity contribution in [3.8, 4) is 11.3 Å². The smallest absolute Gasteiger partial charge is 0.262 e. The van der Waals surface area contributed by atoms with Crippen molar-refractivity contribution in [3.05, 3.63) is 64.9 Å². The van der Waals surface area contributed by atoms with E-state index in [0.29, 0.717) is 50.1 Å². The molecule has 9 rings (SSSR count). The summed E-state index contributed by atoms with van der Waals surface area (Å²) in [5.41, 5.74) is 0.822. The van der Waals surface area contributed by atoms with E-state index in [0.717, 1.165) is 17.2 Å². The van der Waals surface area contributed by atoms with Crippen molar-refractivity contribution in [1.82, 2.24) is 38.9 Å². The number of imidazole rings is 1. The topological polar surface area (TPSA) is 200 Å². The number of aromatic nitrogens is 4. The number of rotatable bonds is 9. The highest BCUT2D eigenvalue weighted by atomic mass is 32.2. The van der Waals surface area contributed by atoms with E-state index in [-0.39, 0.29) is 115 Å². The van der Waals surface area contributed by atoms with Crippen LogP contribution in [0.5, 0.6) is 0 Å². The van der Waals surface area contributed by atoms with Gasteiger partial charge in [0.2, 0.25) is 33.7 Å². The fourth-order valence-electron chi connectivity index (χ4n) is 10.1. The fourth-order valence-corrected chi connectivity index (χ4v) is 12.0. The van der Waals surface area contributed by atoms with Gasteiger partial charge in [-0.1, -0.05) is 0 Å². The normalized spacial score (nSPS) is 20.9. The SMILES string of the molecule is Cc1nc2c(F)cc(-c3nc(NC4CCN(S(=O)(=O)C5CCN(C(=O)C6CCN(c7cc8c(cc7F)C(=O)N(C7CCC(=O)NC7=O)C8=O)CC6)CC5)CC4)ncc3F)cc2n1C(C)C. The maximum Gasteiger partial charge on any atom is 0.262 e. The summed E-state index contributed by atoms with van der Waals surface area (Å²) >= 11 is 0. The maximum atomic E-state index is 15.5. The quantitative estimate of drug-likeness (QED) is 0.226. The minimum atomic E-state index is -3.68. The molecule has 7 heterocycles. The number of imide groups is 2. The largest absolute Gasteiger partial charge is 0.369 e. The molecule has 0 radical (unpaired) electrons. The highest BCUT2D eigenvalue weighted by Gasteiger charge is 2.46. The molecule has 0 saturated carbocycles. The van der Waals surface area contributed by atoms with Gasteiger partial charge in [-0.2, -0.15) is 0 Å². The zero-order valence-electron chi connectivity index (χ0n) is 36.2. The molecular formula is C44H49F3N10O7S. The van der Waals surface area contributed by atoms with Gasteiger partial charge in [0, 0.05) is 69.3 Å². The number of fused-ring (bicyclic) bond motifs is 2. The van der Waals surface area contributed by atoms with Crippen LogP contribution in [0, 0.1) is 30.3 Å². The molecule has 0 bridgehead atoms. The van der Waals surface area contributed by atoms with E-state index in [1.54, 1.807) is 22.8 Å². The number of amides is 5. The van der Waals surface area contributed by atoms with Crippen molar-refractivity contribution < 1.29 is 45.6 Å². The van der Waals surface area contributed by atoms with Gasteiger partial charge in [-0.05, 0) is 90.0 Å². The van der Waals surface area contributed by atoms with Crippen LogP contribution in [0.1, 0.15) is 97.8 Å². The number of carbonyl (C=O) groups excluding carboxylic acids is 5. The third kappa shape index (κ3) is 8.10. The van der Waals surface area contributed by atoms with Crippen molar-refractivity contribution in [2.45, 2.75) is 95.5 Å². The number of piperidine rings is 4. The first kappa shape index (κ1) is 44.3. The van der Waals surface area contributed by atoms with Gasteiger partial charge < -0.3 is 19.7 Å². The highest BCUT2D eigenvalue weighted by Crippen LogP contribution is 2.36. The Morgan fingerprint density at radius 2 is 1.49 bits per heavy atom. The number of anilines is 2. The molecule has 21 heteroatoms. The van der Waals surface area contributed by atoms with Gasteiger partial charge in [0.25, 0.3) is 11.8 Å². The lowest BCUT2D eigenvalue weighted by Crippen LogP contribution is -2.54. The van der Waals surface area contributed by atoms with Gasteiger partial charge in [0.05, 0.1) is 33.8 Å². The number of hydrogen-bond donors (Lipinski definition) is 2. The van der Waals surface area contributed by atoms with E-state index in [4.69, 9.17) is 0 Å². The molecule has 1 unspecified atom stereocenters. The van der Waals surface area contributed by atoms with Gasteiger partial charge in [0.15, 0.2) is 11.6 Å². The lowest BCUT2D eigenvalue weighted by atomic mass is 9.93. The van der Waals surface area contributed by atoms with Crippen LogP contribution in [0.15, 0.2) is 30.5 Å². The number of aryl methyl sites for hydroxylation is 1. The summed E-state index contributed by atoms with van der Waals surface area (Å²) in [7, 11) is -3.68. The van der Waals surface area contributed by atoms with Crippen LogP contribution in [-0.2, 0) is 24.4 Å². The number of halogens is 3. The van der Waals surface area contributed by atoms with Gasteiger partial charge in [-0.3, -0.25) is 34.2 Å². The maximum absolute atomic E-state index is 15.5. The Kier molecular flexibility index (Phi) is 11.7. The van der Waals surface area contributed by atoms with Gasteiger partial charge >= 0.3 is 0 Å². The first-order valence-corrected chi connectivity index (χ1v) is 23.6. The summed E-state index contributed by atoms with van der Waals surface area (Å²) in [6.45, 7) is 7.35. The second kappa shape index (κ2) is 17.1. The number of likely N-dealkylation sites (tertiary alicyclic amines) is 1. The number of nitrogens with zero attached hydrogens (tertiary/aromatic N) is 8. The minimum Gasteiger partial charge on any atom is -0.369 e. The summed E-state index contributed by atoms with van der Waals surface area (Å²) in [6, 6.07) is 3.82. The molecule has 344 valence electrons. The molecule has 17 nitrogen and oxygen atoms in total. The fraction of sp³-hybridized carbons (Fsp3) is 0.500. The van der Waals surface area contributed by atoms with Crippen LogP contribution in [0.2, 0.25) is 0 Å². The highest BCUT2D eigenvalue weighted by molar-refractivity contribution is 7.89. The number of carbonyl (C=O) groups is 5. The monoisotopic (exact) mass is 918 g/mol. The molecule has 5 aliphatic rings. The Labute approximate surface area is 372 Å². The predicted octanol–water partition coefficient (Wildman–Crippen LogP) is 4.31. The van der Waals surface area contributed by atoms with E-state index >= 15 is 13.2 Å². The van der Waals surface area contributed by atoms with Gasteiger partial charge in [0.1, 0.15) is 28.9 Å². The lowest BCUT2D eigenvalue weighted by Gasteiger charge is -2.39. The Balaban J connectivity index is 0.760. The molecular weight excluding hydrogens is 870 g/mol. The number of sulfonamides is 1. The lowest BCUT2D eigenvalue weighted by molar-refractivity contribution is -0.137. The zero-order chi connectivity index (χ0) is 46.1. The third-order valence-electron chi connectivity index (χ3n) is 13.5. The second-order valence-electron chi connectivity index (χ2n) is 17.8. The van der Waals surface area contributed by atoms with Gasteiger partial charge in [-0.25, -0.2) is 40.8 Å². The van der Waals surface area contributed by atoms with Crippen molar-refractivity contribution in [2.24, 2.45) is 5.92 Å². The van der Waals surface area contributed by atoms with Crippen LogP contribution >= 0.6 is 0 Å². The summed E-state index contributed by atoms with van der Waals surface area (Å²) in [6.07, 6.45) is 3.23. The van der Waals surface area contributed by atoms with Gasteiger partial charge in [-0.15, -0.1) is 0 Å². The molecule has 65 heavy (non-hydrogen) atoms. The van der Waals surface area contributed by atoms with Crippen molar-refractivity contribution in [3.63, 3.8) is 0 Å². The molecule has 0 aliphatic carbocycles. The summed E-state index contributed by atoms with van der Waals surface area (Å²) < 4.78 is 76.9. The predicted molar refractivity (Wildman–Crippen MR) is 231 cm³/mol. The van der Waals surface area contributed by atoms with Crippen molar-refractivity contribution in [2.75, 3.05) is 49.5 Å². The first-order valence-electron chi connectivity index (χ1n) is 22.1. The molecule has 4 saturated heterocycles. The number of nitrogens with one attached hydrogen (secondary N) is 2. The average molecular weight is 919 g/mol. The van der Waals surface area contributed by atoms with Crippen LogP contribution < -0.4 is 15.5 Å². The Morgan fingerprint density at radius 3 is 2.15 bits per heavy atom. The van der Waals surface area contributed by atoms with Crippen LogP contribution in [0.25, 0.3) is 22.3 Å². The van der Waals surface area contributed by atoms with E-state index in [1.807, 2.05) is 18.4 Å². The molecule has 2 aromatic heterocycles. The third-order valence-corrected chi connectivity index (χ3v) is 15.9. The zero-order valence-corrected chi connectivity index (χ0v) is 37.0. The van der Waals surface area contributed by atoms with E-state index in [1.165, 1.54) is 16.4 Å². The van der Waals surface area contributed by atoms with Crippen molar-refractivity contribution >= 4 is 62.2 Å². The number of benzene rings is 2. The molecule has 1 atom stereocenters. The molecule has 4 fully saturated rings. The molecule has 2 N–H and O–H groups in total.